The molecule has 2 atom stereocenters. The van der Waals surface area contributed by atoms with Crippen molar-refractivity contribution < 1.29 is 18.0 Å². The minimum atomic E-state index is -4.42. The molecular weight excluding hydrogens is 449 g/mol. The van der Waals surface area contributed by atoms with E-state index in [1.807, 2.05) is 30.3 Å². The van der Waals surface area contributed by atoms with Gasteiger partial charge in [0.25, 0.3) is 0 Å². The van der Waals surface area contributed by atoms with Crippen molar-refractivity contribution in [3.05, 3.63) is 107 Å². The van der Waals surface area contributed by atoms with Crippen molar-refractivity contribution in [3.63, 3.8) is 0 Å². The highest BCUT2D eigenvalue weighted by molar-refractivity contribution is 5.99. The van der Waals surface area contributed by atoms with Crippen LogP contribution in [0.25, 0.3) is 10.9 Å². The maximum atomic E-state index is 13.5. The second-order valence-electron chi connectivity index (χ2n) is 9.93. The molecule has 4 aromatic rings. The van der Waals surface area contributed by atoms with Crippen LogP contribution in [0.5, 0.6) is 0 Å². The summed E-state index contributed by atoms with van der Waals surface area (Å²) in [6.07, 6.45) is 0.0571. The second kappa shape index (κ2) is 8.59. The number of fused-ring (bicyclic) bond motifs is 1. The zero-order chi connectivity index (χ0) is 24.8. The summed E-state index contributed by atoms with van der Waals surface area (Å²) in [5.74, 6) is -0.256. The van der Waals surface area contributed by atoms with Gasteiger partial charge in [0.15, 0.2) is 5.78 Å². The van der Waals surface area contributed by atoms with Gasteiger partial charge in [0, 0.05) is 35.7 Å². The molecule has 0 aliphatic heterocycles. The summed E-state index contributed by atoms with van der Waals surface area (Å²) in [5, 5.41) is 0.936. The van der Waals surface area contributed by atoms with Crippen LogP contribution < -0.4 is 0 Å². The third-order valence-corrected chi connectivity index (χ3v) is 7.05. The van der Waals surface area contributed by atoms with Gasteiger partial charge in [0.05, 0.1) is 16.8 Å². The summed E-state index contributed by atoms with van der Waals surface area (Å²) in [5.41, 5.74) is 3.14. The quantitative estimate of drug-likeness (QED) is 0.271. The molecule has 5 rings (SSSR count). The predicted octanol–water partition coefficient (Wildman–Crippen LogP) is 7.57. The molecule has 0 saturated heterocycles. The lowest BCUT2D eigenvalue weighted by Crippen LogP contribution is -2.14. The zero-order valence-corrected chi connectivity index (χ0v) is 19.5. The molecule has 2 aromatic carbocycles. The first-order valence-corrected chi connectivity index (χ1v) is 11.6. The molecule has 1 aliphatic carbocycles. The molecule has 0 amide bonds. The van der Waals surface area contributed by atoms with Crippen molar-refractivity contribution in [2.75, 3.05) is 0 Å². The third kappa shape index (κ3) is 4.70. The van der Waals surface area contributed by atoms with E-state index in [1.54, 1.807) is 24.5 Å². The molecule has 1 saturated carbocycles. The summed E-state index contributed by atoms with van der Waals surface area (Å²) < 4.78 is 39.6. The van der Waals surface area contributed by atoms with Crippen LogP contribution in [0.3, 0.4) is 0 Å². The van der Waals surface area contributed by atoms with Gasteiger partial charge >= 0.3 is 6.18 Å². The molecule has 0 N–H and O–H groups in total. The number of rotatable bonds is 6. The standard InChI is InChI=1S/C29H25F3N2O/c1-28(2)17-24(28)22-6-4-14-34-27(22)23(18-9-11-21(12-10-18)29(30,31)32)16-26(35)20-8-7-19-5-3-13-33-25(19)15-20/h3-15,23-24H,16-17H2,1-2H3/t23-,24-/m0/s1. The summed E-state index contributed by atoms with van der Waals surface area (Å²) in [4.78, 5) is 22.5. The topological polar surface area (TPSA) is 42.9 Å². The second-order valence-corrected chi connectivity index (χ2v) is 9.93. The Kier molecular flexibility index (Phi) is 5.70. The molecule has 0 spiro atoms. The Morgan fingerprint density at radius 3 is 2.37 bits per heavy atom. The molecule has 2 heterocycles. The fourth-order valence-corrected chi connectivity index (χ4v) is 4.83. The maximum absolute atomic E-state index is 13.5. The van der Waals surface area contributed by atoms with Gasteiger partial charge in [-0.25, -0.2) is 0 Å². The molecular formula is C29H25F3N2O. The Morgan fingerprint density at radius 2 is 1.69 bits per heavy atom. The van der Waals surface area contributed by atoms with Crippen molar-refractivity contribution in [2.24, 2.45) is 5.41 Å². The molecule has 0 radical (unpaired) electrons. The van der Waals surface area contributed by atoms with Crippen LogP contribution in [-0.2, 0) is 6.18 Å². The van der Waals surface area contributed by atoms with E-state index in [0.29, 0.717) is 17.0 Å². The van der Waals surface area contributed by atoms with Gasteiger partial charge in [-0.15, -0.1) is 0 Å². The van der Waals surface area contributed by atoms with Gasteiger partial charge in [0.2, 0.25) is 0 Å². The van der Waals surface area contributed by atoms with E-state index in [-0.39, 0.29) is 17.6 Å². The summed E-state index contributed by atoms with van der Waals surface area (Å²) >= 11 is 0. The van der Waals surface area contributed by atoms with Crippen molar-refractivity contribution in [3.8, 4) is 0 Å². The molecule has 2 aromatic heterocycles. The first-order chi connectivity index (χ1) is 16.6. The van der Waals surface area contributed by atoms with E-state index in [2.05, 4.69) is 23.8 Å². The molecule has 0 unspecified atom stereocenters. The van der Waals surface area contributed by atoms with E-state index < -0.39 is 17.7 Å². The minimum absolute atomic E-state index is 0.0981. The number of ketones is 1. The van der Waals surface area contributed by atoms with Gasteiger partial charge in [-0.3, -0.25) is 14.8 Å². The highest BCUT2D eigenvalue weighted by Gasteiger charge is 2.48. The van der Waals surface area contributed by atoms with Crippen LogP contribution in [0, 0.1) is 5.41 Å². The number of hydrogen-bond donors (Lipinski definition) is 0. The maximum Gasteiger partial charge on any atom is 0.416 e. The smallest absolute Gasteiger partial charge is 0.294 e. The lowest BCUT2D eigenvalue weighted by molar-refractivity contribution is -0.137. The monoisotopic (exact) mass is 474 g/mol. The van der Waals surface area contributed by atoms with Crippen LogP contribution in [0.4, 0.5) is 13.2 Å². The van der Waals surface area contributed by atoms with Crippen LogP contribution in [0.15, 0.2) is 79.1 Å². The molecule has 6 heteroatoms. The number of alkyl halides is 3. The van der Waals surface area contributed by atoms with Crippen LogP contribution in [-0.4, -0.2) is 15.8 Å². The van der Waals surface area contributed by atoms with Gasteiger partial charge in [-0.05, 0) is 59.2 Å². The van der Waals surface area contributed by atoms with E-state index in [4.69, 9.17) is 0 Å². The van der Waals surface area contributed by atoms with Crippen LogP contribution >= 0.6 is 0 Å². The Hall–Kier alpha value is -3.54. The van der Waals surface area contributed by atoms with Gasteiger partial charge < -0.3 is 0 Å². The predicted molar refractivity (Wildman–Crippen MR) is 129 cm³/mol. The number of aromatic nitrogens is 2. The van der Waals surface area contributed by atoms with E-state index in [1.165, 1.54) is 12.1 Å². The number of nitrogens with zero attached hydrogens (tertiary/aromatic N) is 2. The van der Waals surface area contributed by atoms with Crippen molar-refractivity contribution in [1.82, 2.24) is 9.97 Å². The van der Waals surface area contributed by atoms with Crippen LogP contribution in [0.2, 0.25) is 0 Å². The normalized spacial score (nSPS) is 17.8. The Morgan fingerprint density at radius 1 is 1.00 bits per heavy atom. The van der Waals surface area contributed by atoms with E-state index >= 15 is 0 Å². The average molecular weight is 475 g/mol. The number of halogens is 3. The number of benzene rings is 2. The van der Waals surface area contributed by atoms with Gasteiger partial charge in [-0.1, -0.05) is 50.2 Å². The Balaban J connectivity index is 1.54. The molecule has 1 fully saturated rings. The summed E-state index contributed by atoms with van der Waals surface area (Å²) in [6, 6.07) is 18.2. The Labute approximate surface area is 202 Å². The lowest BCUT2D eigenvalue weighted by atomic mass is 9.84. The van der Waals surface area contributed by atoms with Crippen molar-refractivity contribution in [2.45, 2.75) is 44.7 Å². The fourth-order valence-electron chi connectivity index (χ4n) is 4.83. The third-order valence-electron chi connectivity index (χ3n) is 7.05. The lowest BCUT2D eigenvalue weighted by Gasteiger charge is -2.21. The molecule has 1 aliphatic rings. The first kappa shape index (κ1) is 23.2. The first-order valence-electron chi connectivity index (χ1n) is 11.6. The number of carbonyl (C=O) groups excluding carboxylic acids is 1. The van der Waals surface area contributed by atoms with E-state index in [9.17, 15) is 18.0 Å². The van der Waals surface area contributed by atoms with Gasteiger partial charge in [-0.2, -0.15) is 13.2 Å². The molecule has 3 nitrogen and oxygen atoms in total. The van der Waals surface area contributed by atoms with Crippen molar-refractivity contribution >= 4 is 16.7 Å². The zero-order valence-electron chi connectivity index (χ0n) is 19.5. The summed E-state index contributed by atoms with van der Waals surface area (Å²) in [7, 11) is 0. The fraction of sp³-hybridized carbons (Fsp3) is 0.276. The van der Waals surface area contributed by atoms with E-state index in [0.717, 1.165) is 40.7 Å². The number of pyridine rings is 2. The number of carbonyl (C=O) groups is 1. The Bertz CT molecular complexity index is 1390. The molecule has 0 bridgehead atoms. The molecule has 35 heavy (non-hydrogen) atoms. The highest BCUT2D eigenvalue weighted by Crippen LogP contribution is 2.59. The number of Topliss-reactive ketones (excluding diaryl/α,β-unsaturated/α-hetero) is 1. The largest absolute Gasteiger partial charge is 0.416 e. The highest BCUT2D eigenvalue weighted by atomic mass is 19.4. The average Bonchev–Trinajstić information content (AvgIpc) is 3.49. The minimum Gasteiger partial charge on any atom is -0.294 e. The molecule has 178 valence electrons. The summed E-state index contributed by atoms with van der Waals surface area (Å²) in [6.45, 7) is 4.38. The van der Waals surface area contributed by atoms with Gasteiger partial charge in [0.1, 0.15) is 0 Å². The SMILES string of the molecule is CC1(C)C[C@H]1c1cccnc1[C@@H](CC(=O)c1ccc2cccnc2c1)c1ccc(C(F)(F)F)cc1. The number of hydrogen-bond acceptors (Lipinski definition) is 3. The van der Waals surface area contributed by atoms with Crippen molar-refractivity contribution in [1.29, 1.82) is 0 Å². The van der Waals surface area contributed by atoms with Crippen LogP contribution in [0.1, 0.15) is 71.3 Å².